The van der Waals surface area contributed by atoms with Crippen molar-refractivity contribution >= 4 is 11.8 Å². The fourth-order valence-corrected chi connectivity index (χ4v) is 1.15. The van der Waals surface area contributed by atoms with E-state index in [4.69, 9.17) is 0 Å². The Hall–Kier alpha value is -1.83. The second-order valence-electron chi connectivity index (χ2n) is 2.75. The molecule has 0 aromatic carbocycles. The van der Waals surface area contributed by atoms with E-state index in [1.54, 1.807) is 30.6 Å². The fourth-order valence-electron chi connectivity index (χ4n) is 1.15. The molecule has 72 valence electrons. The molecule has 1 aromatic rings. The Kier molecular flexibility index (Phi) is 3.68. The number of hydrogen-bond donors (Lipinski definition) is 1. The third-order valence-electron chi connectivity index (χ3n) is 1.75. The highest BCUT2D eigenvalue weighted by atomic mass is 16.3. The van der Waals surface area contributed by atoms with Crippen LogP contribution < -0.4 is 0 Å². The maximum Gasteiger partial charge on any atom is 0.123 e. The van der Waals surface area contributed by atoms with E-state index in [-0.39, 0.29) is 5.76 Å². The third kappa shape index (κ3) is 2.33. The molecule has 0 aliphatic heterocycles. The minimum Gasteiger partial charge on any atom is -0.507 e. The van der Waals surface area contributed by atoms with E-state index in [0.717, 1.165) is 11.1 Å². The van der Waals surface area contributed by atoms with Crippen LogP contribution in [-0.4, -0.2) is 10.1 Å². The van der Waals surface area contributed by atoms with Gasteiger partial charge < -0.3 is 5.11 Å². The van der Waals surface area contributed by atoms with Gasteiger partial charge in [0, 0.05) is 23.5 Å². The van der Waals surface area contributed by atoms with Gasteiger partial charge >= 0.3 is 0 Å². The minimum absolute atomic E-state index is 0.204. The number of nitrogens with zero attached hydrogens (tertiary/aromatic N) is 1. The predicted molar refractivity (Wildman–Crippen MR) is 59.7 cm³/mol. The number of hydrogen-bond acceptors (Lipinski definition) is 2. The van der Waals surface area contributed by atoms with Crippen molar-refractivity contribution in [3.05, 3.63) is 54.4 Å². The normalized spacial score (nSPS) is 11.9. The number of aromatic nitrogens is 1. The zero-order valence-corrected chi connectivity index (χ0v) is 8.14. The predicted octanol–water partition coefficient (Wildman–Crippen LogP) is 3.20. The van der Waals surface area contributed by atoms with E-state index < -0.39 is 0 Å². The molecule has 1 aromatic heterocycles. The summed E-state index contributed by atoms with van der Waals surface area (Å²) in [7, 11) is 0. The average molecular weight is 187 g/mol. The minimum atomic E-state index is 0.204. The number of allylic oxidation sites excluding steroid dienone is 3. The van der Waals surface area contributed by atoms with Crippen LogP contribution >= 0.6 is 0 Å². The van der Waals surface area contributed by atoms with Crippen molar-refractivity contribution < 1.29 is 5.11 Å². The molecule has 0 fully saturated rings. The zero-order valence-electron chi connectivity index (χ0n) is 8.14. The molecule has 1 heterocycles. The molecule has 0 amide bonds. The highest BCUT2D eigenvalue weighted by molar-refractivity contribution is 5.69. The van der Waals surface area contributed by atoms with Gasteiger partial charge in [0.2, 0.25) is 0 Å². The molecule has 0 saturated heterocycles. The van der Waals surface area contributed by atoms with Crippen LogP contribution in [-0.2, 0) is 0 Å². The van der Waals surface area contributed by atoms with Gasteiger partial charge in [-0.05, 0) is 19.1 Å². The van der Waals surface area contributed by atoms with Gasteiger partial charge in [0.25, 0.3) is 0 Å². The Labute approximate surface area is 83.9 Å². The first kappa shape index (κ1) is 10.3. The van der Waals surface area contributed by atoms with Gasteiger partial charge in [0.1, 0.15) is 5.76 Å². The maximum absolute atomic E-state index is 9.66. The molecule has 0 unspecified atom stereocenters. The van der Waals surface area contributed by atoms with E-state index in [1.807, 2.05) is 19.1 Å². The molecule has 1 rings (SSSR count). The first-order chi connectivity index (χ1) is 6.79. The van der Waals surface area contributed by atoms with E-state index >= 15 is 0 Å². The van der Waals surface area contributed by atoms with Crippen LogP contribution in [0, 0.1) is 0 Å². The second kappa shape index (κ2) is 5.02. The van der Waals surface area contributed by atoms with Crippen molar-refractivity contribution in [3.63, 3.8) is 0 Å². The van der Waals surface area contributed by atoms with Gasteiger partial charge in [-0.25, -0.2) is 0 Å². The average Bonchev–Trinajstić information content (AvgIpc) is 2.19. The summed E-state index contributed by atoms with van der Waals surface area (Å²) in [4.78, 5) is 3.99. The Morgan fingerprint density at radius 1 is 1.57 bits per heavy atom. The largest absolute Gasteiger partial charge is 0.507 e. The first-order valence-corrected chi connectivity index (χ1v) is 4.38. The fraction of sp³-hybridized carbons (Fsp3) is 0.0833. The summed E-state index contributed by atoms with van der Waals surface area (Å²) in [6, 6.07) is 1.77. The molecule has 0 atom stereocenters. The monoisotopic (exact) mass is 187 g/mol. The van der Waals surface area contributed by atoms with Gasteiger partial charge in [-0.3, -0.25) is 4.98 Å². The quantitative estimate of drug-likeness (QED) is 0.582. The summed E-state index contributed by atoms with van der Waals surface area (Å²) in [6.45, 7) is 5.45. The zero-order chi connectivity index (χ0) is 10.4. The van der Waals surface area contributed by atoms with Gasteiger partial charge in [0.05, 0.1) is 0 Å². The lowest BCUT2D eigenvalue weighted by atomic mass is 10.1. The van der Waals surface area contributed by atoms with Gasteiger partial charge in [-0.1, -0.05) is 24.8 Å². The van der Waals surface area contributed by atoms with E-state index in [1.165, 1.54) is 0 Å². The molecule has 0 aliphatic carbocycles. The molecular weight excluding hydrogens is 174 g/mol. The van der Waals surface area contributed by atoms with Crippen molar-refractivity contribution in [1.29, 1.82) is 0 Å². The lowest BCUT2D eigenvalue weighted by Gasteiger charge is -2.03. The molecule has 2 nitrogen and oxygen atoms in total. The maximum atomic E-state index is 9.66. The summed E-state index contributed by atoms with van der Waals surface area (Å²) >= 11 is 0. The van der Waals surface area contributed by atoms with Crippen molar-refractivity contribution in [2.24, 2.45) is 0 Å². The SMILES string of the molecule is C=C/C=C(/O)c1ccncc1/C=C\C. The van der Waals surface area contributed by atoms with Crippen molar-refractivity contribution in [1.82, 2.24) is 4.98 Å². The molecular formula is C12H13NO. The van der Waals surface area contributed by atoms with Crippen molar-refractivity contribution in [2.45, 2.75) is 6.92 Å². The van der Waals surface area contributed by atoms with E-state index in [0.29, 0.717) is 0 Å². The Morgan fingerprint density at radius 2 is 2.36 bits per heavy atom. The molecule has 1 N–H and O–H groups in total. The van der Waals surface area contributed by atoms with Crippen LogP contribution in [0.15, 0.2) is 43.3 Å². The van der Waals surface area contributed by atoms with Crippen molar-refractivity contribution in [2.75, 3.05) is 0 Å². The highest BCUT2D eigenvalue weighted by Gasteiger charge is 2.02. The number of aliphatic hydroxyl groups is 1. The van der Waals surface area contributed by atoms with Crippen molar-refractivity contribution in [3.8, 4) is 0 Å². The van der Waals surface area contributed by atoms with Crippen LogP contribution in [0.25, 0.3) is 11.8 Å². The van der Waals surface area contributed by atoms with Crippen LogP contribution in [0.4, 0.5) is 0 Å². The van der Waals surface area contributed by atoms with Crippen LogP contribution in [0.3, 0.4) is 0 Å². The molecule has 0 aliphatic rings. The summed E-state index contributed by atoms with van der Waals surface area (Å²) in [6.07, 6.45) is 10.3. The van der Waals surface area contributed by atoms with E-state index in [2.05, 4.69) is 11.6 Å². The standard InChI is InChI=1S/C12H13NO/c1-3-5-10-9-13-8-7-11(10)12(14)6-4-2/h3-9,14H,2H2,1H3/b5-3-,12-6+. The van der Waals surface area contributed by atoms with Gasteiger partial charge in [-0.2, -0.15) is 0 Å². The molecule has 0 saturated carbocycles. The summed E-state index contributed by atoms with van der Waals surface area (Å²) in [5, 5.41) is 9.66. The van der Waals surface area contributed by atoms with Crippen LogP contribution in [0.5, 0.6) is 0 Å². The van der Waals surface area contributed by atoms with E-state index in [9.17, 15) is 5.11 Å². The summed E-state index contributed by atoms with van der Waals surface area (Å²) in [5.74, 6) is 0.204. The molecule has 0 radical (unpaired) electrons. The molecule has 14 heavy (non-hydrogen) atoms. The number of aliphatic hydroxyl groups excluding tert-OH is 1. The lowest BCUT2D eigenvalue weighted by molar-refractivity contribution is 0.511. The van der Waals surface area contributed by atoms with Crippen LogP contribution in [0.1, 0.15) is 18.1 Å². The molecule has 0 spiro atoms. The Balaban J connectivity index is 3.19. The first-order valence-electron chi connectivity index (χ1n) is 4.38. The Bertz CT molecular complexity index is 378. The molecule has 2 heteroatoms. The number of pyridine rings is 1. The third-order valence-corrected chi connectivity index (χ3v) is 1.75. The molecule has 0 bridgehead atoms. The van der Waals surface area contributed by atoms with Gasteiger partial charge in [-0.15, -0.1) is 0 Å². The lowest BCUT2D eigenvalue weighted by Crippen LogP contribution is -1.88. The second-order valence-corrected chi connectivity index (χ2v) is 2.75. The Morgan fingerprint density at radius 3 is 3.00 bits per heavy atom. The highest BCUT2D eigenvalue weighted by Crippen LogP contribution is 2.17. The number of rotatable bonds is 3. The van der Waals surface area contributed by atoms with Gasteiger partial charge in [0.15, 0.2) is 0 Å². The smallest absolute Gasteiger partial charge is 0.123 e. The topological polar surface area (TPSA) is 33.1 Å². The summed E-state index contributed by atoms with van der Waals surface area (Å²) in [5.41, 5.74) is 1.66. The van der Waals surface area contributed by atoms with Crippen LogP contribution in [0.2, 0.25) is 0 Å². The summed E-state index contributed by atoms with van der Waals surface area (Å²) < 4.78 is 0.